The molecule has 0 fully saturated rings. The molecule has 0 saturated carbocycles. The predicted octanol–water partition coefficient (Wildman–Crippen LogP) is 2.97. The minimum absolute atomic E-state index is 0.0963. The van der Waals surface area contributed by atoms with Crippen molar-refractivity contribution >= 4 is 6.03 Å². The lowest BCUT2D eigenvalue weighted by atomic mass is 10.2. The van der Waals surface area contributed by atoms with E-state index in [1.165, 1.54) is 0 Å². The van der Waals surface area contributed by atoms with E-state index in [9.17, 15) is 4.79 Å². The number of urea groups is 1. The first kappa shape index (κ1) is 16.8. The van der Waals surface area contributed by atoms with Crippen LogP contribution in [0.1, 0.15) is 23.9 Å². The first-order chi connectivity index (χ1) is 11.0. The summed E-state index contributed by atoms with van der Waals surface area (Å²) in [7, 11) is 0. The number of benzene rings is 1. The lowest BCUT2D eigenvalue weighted by molar-refractivity contribution is 0.226. The van der Waals surface area contributed by atoms with E-state index in [0.717, 1.165) is 22.7 Å². The molecule has 0 bridgehead atoms. The van der Waals surface area contributed by atoms with Gasteiger partial charge in [0.2, 0.25) is 0 Å². The molecule has 5 nitrogen and oxygen atoms in total. The number of nitrogens with one attached hydrogen (secondary N) is 2. The number of carbonyl (C=O) groups excluding carboxylic acids is 1. The Bertz CT molecular complexity index is 658. The molecule has 0 aliphatic rings. The Kier molecular flexibility index (Phi) is 5.97. The summed E-state index contributed by atoms with van der Waals surface area (Å²) in [6, 6.07) is 13.3. The summed E-state index contributed by atoms with van der Waals surface area (Å²) in [5.41, 5.74) is 2.92. The molecule has 0 saturated heterocycles. The lowest BCUT2D eigenvalue weighted by Crippen LogP contribution is -2.43. The van der Waals surface area contributed by atoms with E-state index in [1.54, 1.807) is 0 Å². The van der Waals surface area contributed by atoms with Crippen molar-refractivity contribution in [3.05, 3.63) is 59.4 Å². The average molecular weight is 313 g/mol. The van der Waals surface area contributed by atoms with Crippen molar-refractivity contribution < 1.29 is 9.53 Å². The molecule has 2 N–H and O–H groups in total. The molecule has 1 aromatic heterocycles. The van der Waals surface area contributed by atoms with Gasteiger partial charge in [-0.05, 0) is 50.6 Å². The second-order valence-corrected chi connectivity index (χ2v) is 5.63. The van der Waals surface area contributed by atoms with Gasteiger partial charge >= 0.3 is 6.03 Å². The summed E-state index contributed by atoms with van der Waals surface area (Å²) in [6.07, 6.45) is 0. The van der Waals surface area contributed by atoms with Gasteiger partial charge in [0, 0.05) is 5.69 Å². The first-order valence-corrected chi connectivity index (χ1v) is 7.69. The highest BCUT2D eigenvalue weighted by molar-refractivity contribution is 5.74. The number of nitrogens with zero attached hydrogens (tertiary/aromatic N) is 1. The molecule has 122 valence electrons. The third kappa shape index (κ3) is 5.98. The summed E-state index contributed by atoms with van der Waals surface area (Å²) < 4.78 is 5.67. The number of aryl methyl sites for hydroxylation is 2. The van der Waals surface area contributed by atoms with E-state index in [4.69, 9.17) is 4.74 Å². The second-order valence-electron chi connectivity index (χ2n) is 5.63. The van der Waals surface area contributed by atoms with Gasteiger partial charge in [-0.25, -0.2) is 4.79 Å². The fraction of sp³-hybridized carbons (Fsp3) is 0.333. The van der Waals surface area contributed by atoms with Gasteiger partial charge in [0.1, 0.15) is 12.4 Å². The summed E-state index contributed by atoms with van der Waals surface area (Å²) in [6.45, 7) is 6.66. The van der Waals surface area contributed by atoms with Crippen molar-refractivity contribution in [3.8, 4) is 5.75 Å². The van der Waals surface area contributed by atoms with Gasteiger partial charge in [-0.2, -0.15) is 0 Å². The normalized spacial score (nSPS) is 11.6. The van der Waals surface area contributed by atoms with Crippen LogP contribution < -0.4 is 15.4 Å². The molecule has 1 unspecified atom stereocenters. The molecule has 1 heterocycles. The third-order valence-corrected chi connectivity index (χ3v) is 3.24. The van der Waals surface area contributed by atoms with Crippen LogP contribution in [-0.2, 0) is 6.54 Å². The van der Waals surface area contributed by atoms with Gasteiger partial charge in [-0.15, -0.1) is 0 Å². The molecule has 5 heteroatoms. The fourth-order valence-corrected chi connectivity index (χ4v) is 2.11. The molecule has 0 aliphatic carbocycles. The highest BCUT2D eigenvalue weighted by Gasteiger charge is 2.08. The minimum Gasteiger partial charge on any atom is -0.491 e. The highest BCUT2D eigenvalue weighted by atomic mass is 16.5. The Balaban J connectivity index is 1.72. The summed E-state index contributed by atoms with van der Waals surface area (Å²) >= 11 is 0. The van der Waals surface area contributed by atoms with Crippen molar-refractivity contribution in [1.29, 1.82) is 0 Å². The zero-order chi connectivity index (χ0) is 16.7. The SMILES string of the molecule is Cc1cccc(OCC(C)NC(=O)NCc2cccc(C)n2)c1. The van der Waals surface area contributed by atoms with Crippen LogP contribution in [-0.4, -0.2) is 23.7 Å². The third-order valence-electron chi connectivity index (χ3n) is 3.24. The van der Waals surface area contributed by atoms with Crippen LogP contribution in [0.25, 0.3) is 0 Å². The number of aromatic nitrogens is 1. The molecule has 1 aromatic carbocycles. The summed E-state index contributed by atoms with van der Waals surface area (Å²) in [4.78, 5) is 16.2. The van der Waals surface area contributed by atoms with E-state index in [1.807, 2.05) is 63.2 Å². The predicted molar refractivity (Wildman–Crippen MR) is 90.5 cm³/mol. The standard InChI is InChI=1S/C18H23N3O2/c1-13-6-4-9-17(10-13)23-12-15(3)21-18(22)19-11-16-8-5-7-14(2)20-16/h4-10,15H,11-12H2,1-3H3,(H2,19,21,22). The zero-order valence-corrected chi connectivity index (χ0v) is 13.8. The zero-order valence-electron chi connectivity index (χ0n) is 13.8. The van der Waals surface area contributed by atoms with Gasteiger partial charge in [0.25, 0.3) is 0 Å². The molecular formula is C18H23N3O2. The van der Waals surface area contributed by atoms with E-state index in [2.05, 4.69) is 15.6 Å². The van der Waals surface area contributed by atoms with Crippen molar-refractivity contribution in [2.45, 2.75) is 33.4 Å². The van der Waals surface area contributed by atoms with Crippen LogP contribution in [0.4, 0.5) is 4.79 Å². The monoisotopic (exact) mass is 313 g/mol. The minimum atomic E-state index is -0.228. The quantitative estimate of drug-likeness (QED) is 0.862. The Morgan fingerprint density at radius 1 is 1.22 bits per heavy atom. The maximum Gasteiger partial charge on any atom is 0.315 e. The Morgan fingerprint density at radius 3 is 2.74 bits per heavy atom. The van der Waals surface area contributed by atoms with Crippen LogP contribution in [0, 0.1) is 13.8 Å². The largest absolute Gasteiger partial charge is 0.491 e. The molecule has 0 aliphatic heterocycles. The maximum atomic E-state index is 11.9. The molecule has 2 aromatic rings. The lowest BCUT2D eigenvalue weighted by Gasteiger charge is -2.16. The number of rotatable bonds is 6. The van der Waals surface area contributed by atoms with Crippen LogP contribution in [0.3, 0.4) is 0 Å². The van der Waals surface area contributed by atoms with E-state index in [-0.39, 0.29) is 12.1 Å². The van der Waals surface area contributed by atoms with Gasteiger partial charge in [0.15, 0.2) is 0 Å². The van der Waals surface area contributed by atoms with Crippen LogP contribution >= 0.6 is 0 Å². The van der Waals surface area contributed by atoms with Crippen LogP contribution in [0.5, 0.6) is 5.75 Å². The smallest absolute Gasteiger partial charge is 0.315 e. The summed E-state index contributed by atoms with van der Waals surface area (Å²) in [5.74, 6) is 0.808. The van der Waals surface area contributed by atoms with Gasteiger partial charge in [-0.1, -0.05) is 18.2 Å². The number of carbonyl (C=O) groups is 1. The molecule has 2 amide bonds. The average Bonchev–Trinajstić information content (AvgIpc) is 2.51. The number of ether oxygens (including phenoxy) is 1. The van der Waals surface area contributed by atoms with Crippen LogP contribution in [0.2, 0.25) is 0 Å². The van der Waals surface area contributed by atoms with Crippen LogP contribution in [0.15, 0.2) is 42.5 Å². The Hall–Kier alpha value is -2.56. The van der Waals surface area contributed by atoms with Gasteiger partial charge < -0.3 is 15.4 Å². The Labute approximate surface area is 137 Å². The van der Waals surface area contributed by atoms with E-state index >= 15 is 0 Å². The molecule has 0 radical (unpaired) electrons. The number of amides is 2. The topological polar surface area (TPSA) is 63.2 Å². The molecular weight excluding hydrogens is 290 g/mol. The molecule has 0 spiro atoms. The highest BCUT2D eigenvalue weighted by Crippen LogP contribution is 2.12. The number of hydrogen-bond acceptors (Lipinski definition) is 3. The van der Waals surface area contributed by atoms with Crippen molar-refractivity contribution in [3.63, 3.8) is 0 Å². The Morgan fingerprint density at radius 2 is 2.00 bits per heavy atom. The number of pyridine rings is 1. The van der Waals surface area contributed by atoms with Gasteiger partial charge in [0.05, 0.1) is 18.3 Å². The maximum absolute atomic E-state index is 11.9. The number of hydrogen-bond donors (Lipinski definition) is 2. The first-order valence-electron chi connectivity index (χ1n) is 7.69. The van der Waals surface area contributed by atoms with Crippen molar-refractivity contribution in [2.75, 3.05) is 6.61 Å². The van der Waals surface area contributed by atoms with Crippen molar-refractivity contribution in [2.24, 2.45) is 0 Å². The molecule has 2 rings (SSSR count). The second kappa shape index (κ2) is 8.17. The molecule has 1 atom stereocenters. The fourth-order valence-electron chi connectivity index (χ4n) is 2.11. The van der Waals surface area contributed by atoms with E-state index < -0.39 is 0 Å². The van der Waals surface area contributed by atoms with Gasteiger partial charge in [-0.3, -0.25) is 4.98 Å². The van der Waals surface area contributed by atoms with E-state index in [0.29, 0.717) is 13.2 Å². The summed E-state index contributed by atoms with van der Waals surface area (Å²) in [5, 5.41) is 5.64. The molecule has 23 heavy (non-hydrogen) atoms. The van der Waals surface area contributed by atoms with Crippen molar-refractivity contribution in [1.82, 2.24) is 15.6 Å².